The van der Waals surface area contributed by atoms with Crippen molar-refractivity contribution in [2.45, 2.75) is 38.1 Å². The van der Waals surface area contributed by atoms with E-state index in [2.05, 4.69) is 5.43 Å². The molecule has 5 N–H and O–H groups in total. The van der Waals surface area contributed by atoms with E-state index in [0.717, 1.165) is 12.1 Å². The molecule has 0 aromatic heterocycles. The molecule has 0 bridgehead atoms. The Morgan fingerprint density at radius 2 is 2.04 bits per heavy atom. The summed E-state index contributed by atoms with van der Waals surface area (Å²) in [6.07, 6.45) is -2.03. The number of halogens is 4. The molecule has 1 aromatic rings. The molecule has 6 nitrogen and oxygen atoms in total. The first kappa shape index (κ1) is 21.0. The molecule has 0 atom stereocenters. The van der Waals surface area contributed by atoms with E-state index in [1.165, 1.54) is 6.20 Å². The van der Waals surface area contributed by atoms with Gasteiger partial charge in [-0.05, 0) is 25.0 Å². The number of carbonyl (C=O) groups excluding carboxylic acids is 1. The predicted octanol–water partition coefficient (Wildman–Crippen LogP) is 2.01. The third kappa shape index (κ3) is 5.83. The van der Waals surface area contributed by atoms with Crippen molar-refractivity contribution in [3.63, 3.8) is 0 Å². The summed E-state index contributed by atoms with van der Waals surface area (Å²) < 4.78 is 56.8. The van der Waals surface area contributed by atoms with Crippen LogP contribution in [0.3, 0.4) is 0 Å². The molecule has 0 saturated carbocycles. The summed E-state index contributed by atoms with van der Waals surface area (Å²) >= 11 is 0. The van der Waals surface area contributed by atoms with Gasteiger partial charge >= 0.3 is 6.18 Å². The minimum atomic E-state index is -4.59. The summed E-state index contributed by atoms with van der Waals surface area (Å²) in [4.78, 5) is 13.6. The van der Waals surface area contributed by atoms with E-state index in [9.17, 15) is 22.4 Å². The molecule has 1 aliphatic heterocycles. The second-order valence-corrected chi connectivity index (χ2v) is 6.23. The fraction of sp³-hybridized carbons (Fsp3) is 0.471. The Bertz CT molecular complexity index is 688. The number of alkyl halides is 3. The van der Waals surface area contributed by atoms with Gasteiger partial charge in [0.05, 0.1) is 18.3 Å². The molecule has 1 aliphatic rings. The van der Waals surface area contributed by atoms with Gasteiger partial charge in [-0.3, -0.25) is 10.6 Å². The lowest BCUT2D eigenvalue weighted by atomic mass is 10.1. The van der Waals surface area contributed by atoms with Gasteiger partial charge in [-0.2, -0.15) is 13.2 Å². The lowest BCUT2D eigenvalue weighted by Crippen LogP contribution is -2.54. The maximum atomic E-state index is 13.7. The van der Waals surface area contributed by atoms with E-state index in [-0.39, 0.29) is 24.2 Å². The van der Waals surface area contributed by atoms with E-state index < -0.39 is 17.6 Å². The van der Waals surface area contributed by atoms with Crippen LogP contribution in [0.15, 0.2) is 30.1 Å². The van der Waals surface area contributed by atoms with Crippen molar-refractivity contribution in [1.29, 1.82) is 0 Å². The first-order chi connectivity index (χ1) is 12.7. The lowest BCUT2D eigenvalue weighted by molar-refractivity contribution is -0.146. The van der Waals surface area contributed by atoms with E-state index in [1.807, 2.05) is 0 Å². The second-order valence-electron chi connectivity index (χ2n) is 6.23. The van der Waals surface area contributed by atoms with Crippen molar-refractivity contribution in [3.8, 4) is 0 Å². The number of nitrogens with zero attached hydrogens (tertiary/aromatic N) is 1. The van der Waals surface area contributed by atoms with Crippen LogP contribution in [0.5, 0.6) is 0 Å². The topological polar surface area (TPSA) is 93.6 Å². The Morgan fingerprint density at radius 1 is 1.33 bits per heavy atom. The zero-order valence-corrected chi connectivity index (χ0v) is 14.6. The molecule has 0 radical (unpaired) electrons. The third-order valence-electron chi connectivity index (χ3n) is 4.28. The van der Waals surface area contributed by atoms with Crippen molar-refractivity contribution in [2.75, 3.05) is 13.1 Å². The smallest absolute Gasteiger partial charge is 0.403 e. The number of nitrogens with two attached hydrogens (primary N) is 2. The summed E-state index contributed by atoms with van der Waals surface area (Å²) in [5.41, 5.74) is 7.42. The number of amides is 1. The van der Waals surface area contributed by atoms with Gasteiger partial charge in [0.15, 0.2) is 0 Å². The summed E-state index contributed by atoms with van der Waals surface area (Å²) in [5.74, 6) is 4.24. The number of hydrogen-bond donors (Lipinski definition) is 3. The SMILES string of the molecule is N/C=C(/CCCC(=O)N1CC(OCc2ccc(C(F)(F)F)cc2F)C1)NN. The summed E-state index contributed by atoms with van der Waals surface area (Å²) in [5, 5.41) is 0. The Morgan fingerprint density at radius 3 is 2.59 bits per heavy atom. The number of allylic oxidation sites excluding steroid dienone is 1. The molecular weight excluding hydrogens is 368 g/mol. The van der Waals surface area contributed by atoms with Gasteiger partial charge in [-0.15, -0.1) is 0 Å². The Hall–Kier alpha value is -2.33. The average Bonchev–Trinajstić information content (AvgIpc) is 2.57. The minimum Gasteiger partial charge on any atom is -0.403 e. The van der Waals surface area contributed by atoms with Crippen LogP contribution in [0.2, 0.25) is 0 Å². The van der Waals surface area contributed by atoms with Crippen LogP contribution in [0.25, 0.3) is 0 Å². The molecule has 0 spiro atoms. The number of benzene rings is 1. The van der Waals surface area contributed by atoms with E-state index in [1.54, 1.807) is 4.90 Å². The molecule has 10 heteroatoms. The van der Waals surface area contributed by atoms with Crippen molar-refractivity contribution < 1.29 is 27.1 Å². The van der Waals surface area contributed by atoms with Crippen molar-refractivity contribution in [1.82, 2.24) is 10.3 Å². The predicted molar refractivity (Wildman–Crippen MR) is 90.0 cm³/mol. The van der Waals surface area contributed by atoms with Gasteiger partial charge in [0.1, 0.15) is 5.82 Å². The quantitative estimate of drug-likeness (QED) is 0.359. The van der Waals surface area contributed by atoms with Crippen molar-refractivity contribution in [2.24, 2.45) is 11.6 Å². The van der Waals surface area contributed by atoms with E-state index in [0.29, 0.717) is 44.1 Å². The minimum absolute atomic E-state index is 0.0380. The molecule has 150 valence electrons. The molecule has 2 rings (SSSR count). The highest BCUT2D eigenvalue weighted by Crippen LogP contribution is 2.30. The molecule has 1 heterocycles. The fourth-order valence-electron chi connectivity index (χ4n) is 2.59. The number of hydrazine groups is 1. The maximum absolute atomic E-state index is 13.7. The highest BCUT2D eigenvalue weighted by Gasteiger charge is 2.32. The standard InChI is InChI=1S/C17H22F4N4O2/c18-15-6-12(17(19,20)21)5-4-11(15)10-27-14-8-25(9-14)16(26)3-1-2-13(7-22)24-23/h4-7,14,24H,1-3,8-10,22-23H2/b13-7-. The zero-order valence-electron chi connectivity index (χ0n) is 14.6. The molecule has 1 fully saturated rings. The van der Waals surface area contributed by atoms with Crippen LogP contribution in [-0.4, -0.2) is 30.0 Å². The third-order valence-corrected chi connectivity index (χ3v) is 4.28. The van der Waals surface area contributed by atoms with Crippen LogP contribution >= 0.6 is 0 Å². The largest absolute Gasteiger partial charge is 0.416 e. The van der Waals surface area contributed by atoms with Gasteiger partial charge in [0, 0.05) is 37.0 Å². The van der Waals surface area contributed by atoms with Crippen molar-refractivity contribution in [3.05, 3.63) is 47.0 Å². The van der Waals surface area contributed by atoms with Crippen LogP contribution in [0.4, 0.5) is 17.6 Å². The van der Waals surface area contributed by atoms with Gasteiger partial charge in [0.2, 0.25) is 5.91 Å². The number of likely N-dealkylation sites (tertiary alicyclic amines) is 1. The number of carbonyl (C=O) groups is 1. The summed E-state index contributed by atoms with van der Waals surface area (Å²) in [7, 11) is 0. The van der Waals surface area contributed by atoms with Crippen LogP contribution in [0.1, 0.15) is 30.4 Å². The van der Waals surface area contributed by atoms with E-state index >= 15 is 0 Å². The average molecular weight is 390 g/mol. The Balaban J connectivity index is 1.71. The Kier molecular flexibility index (Phi) is 7.03. The van der Waals surface area contributed by atoms with E-state index in [4.69, 9.17) is 16.3 Å². The highest BCUT2D eigenvalue weighted by molar-refractivity contribution is 5.77. The van der Waals surface area contributed by atoms with Crippen LogP contribution in [0, 0.1) is 5.82 Å². The monoisotopic (exact) mass is 390 g/mol. The van der Waals surface area contributed by atoms with Gasteiger partial charge in [-0.1, -0.05) is 6.07 Å². The first-order valence-corrected chi connectivity index (χ1v) is 8.37. The molecule has 1 amide bonds. The maximum Gasteiger partial charge on any atom is 0.416 e. The van der Waals surface area contributed by atoms with Gasteiger partial charge in [-0.25, -0.2) is 4.39 Å². The fourth-order valence-corrected chi connectivity index (χ4v) is 2.59. The van der Waals surface area contributed by atoms with Gasteiger partial charge < -0.3 is 20.8 Å². The summed E-state index contributed by atoms with van der Waals surface area (Å²) in [6.45, 7) is 0.592. The number of nitrogens with one attached hydrogen (secondary N) is 1. The van der Waals surface area contributed by atoms with Crippen LogP contribution < -0.4 is 17.0 Å². The first-order valence-electron chi connectivity index (χ1n) is 8.37. The zero-order chi connectivity index (χ0) is 20.0. The van der Waals surface area contributed by atoms with Gasteiger partial charge in [0.25, 0.3) is 0 Å². The number of ether oxygens (including phenoxy) is 1. The number of rotatable bonds is 8. The second kappa shape index (κ2) is 9.05. The Labute approximate surface area is 154 Å². The summed E-state index contributed by atoms with van der Waals surface area (Å²) in [6, 6.07) is 2.34. The molecule has 1 saturated heterocycles. The highest BCUT2D eigenvalue weighted by atomic mass is 19.4. The molecule has 0 unspecified atom stereocenters. The lowest BCUT2D eigenvalue weighted by Gasteiger charge is -2.39. The van der Waals surface area contributed by atoms with Crippen molar-refractivity contribution >= 4 is 5.91 Å². The van der Waals surface area contributed by atoms with Crippen LogP contribution in [-0.2, 0) is 22.3 Å². The molecule has 1 aromatic carbocycles. The molecule has 0 aliphatic carbocycles. The normalized spacial score (nSPS) is 15.6. The molecular formula is C17H22F4N4O2. The number of hydrogen-bond acceptors (Lipinski definition) is 5. The molecule has 27 heavy (non-hydrogen) atoms.